The monoisotopic (exact) mass is 374 g/mol. The summed E-state index contributed by atoms with van der Waals surface area (Å²) in [4.78, 5) is 0. The maximum absolute atomic E-state index is 13.9. The Hall–Kier alpha value is -0.870. The number of imidazole rings is 1. The molecule has 0 atom stereocenters. The minimum absolute atomic E-state index is 0. The van der Waals surface area contributed by atoms with Gasteiger partial charge in [0.15, 0.2) is 0 Å². The summed E-state index contributed by atoms with van der Waals surface area (Å²) < 4.78 is 18.2. The van der Waals surface area contributed by atoms with E-state index in [1.807, 2.05) is 6.20 Å². The Morgan fingerprint density at radius 3 is 2.62 bits per heavy atom. The van der Waals surface area contributed by atoms with Gasteiger partial charge in [0, 0.05) is 5.56 Å². The maximum atomic E-state index is 13.9. The summed E-state index contributed by atoms with van der Waals surface area (Å²) in [6, 6.07) is 4.83. The maximum Gasteiger partial charge on any atom is 0.259 e. The van der Waals surface area contributed by atoms with Crippen LogP contribution in [0, 0.1) is 5.82 Å². The van der Waals surface area contributed by atoms with E-state index in [0.29, 0.717) is 23.0 Å². The van der Waals surface area contributed by atoms with Crippen molar-refractivity contribution in [1.29, 1.82) is 0 Å². The van der Waals surface area contributed by atoms with Crippen molar-refractivity contribution in [3.05, 3.63) is 52.8 Å². The average Bonchev–Trinajstić information content (AvgIpc) is 2.77. The van der Waals surface area contributed by atoms with Crippen LogP contribution in [0.25, 0.3) is 0 Å². The molecular formula is C16H21BrClFN2. The number of hydrogen-bond acceptors (Lipinski definition) is 0. The Morgan fingerprint density at radius 2 is 2.05 bits per heavy atom. The first-order valence-electron chi connectivity index (χ1n) is 7.06. The number of aryl methyl sites for hydroxylation is 1. The van der Waals surface area contributed by atoms with Crippen LogP contribution in [0.2, 0.25) is 5.02 Å². The third-order valence-electron chi connectivity index (χ3n) is 3.39. The average molecular weight is 376 g/mol. The highest BCUT2D eigenvalue weighted by Crippen LogP contribution is 2.20. The lowest BCUT2D eigenvalue weighted by Crippen LogP contribution is -3.00. The van der Waals surface area contributed by atoms with Crippen molar-refractivity contribution in [2.45, 2.75) is 46.2 Å². The number of nitrogens with zero attached hydrogens (tertiary/aromatic N) is 2. The highest BCUT2D eigenvalue weighted by molar-refractivity contribution is 6.31. The highest BCUT2D eigenvalue weighted by Gasteiger charge is 2.22. The van der Waals surface area contributed by atoms with Gasteiger partial charge in [-0.15, -0.1) is 0 Å². The third-order valence-corrected chi connectivity index (χ3v) is 3.74. The van der Waals surface area contributed by atoms with Crippen LogP contribution < -0.4 is 21.5 Å². The van der Waals surface area contributed by atoms with Gasteiger partial charge in [-0.2, -0.15) is 0 Å². The van der Waals surface area contributed by atoms with E-state index in [1.54, 1.807) is 12.1 Å². The van der Waals surface area contributed by atoms with Gasteiger partial charge in [-0.1, -0.05) is 38.4 Å². The van der Waals surface area contributed by atoms with Gasteiger partial charge in [0.1, 0.15) is 24.8 Å². The number of benzene rings is 1. The molecule has 0 aliphatic carbocycles. The van der Waals surface area contributed by atoms with Gasteiger partial charge in [-0.25, -0.2) is 13.5 Å². The molecule has 0 spiro atoms. The Morgan fingerprint density at radius 1 is 1.33 bits per heavy atom. The second-order valence-electron chi connectivity index (χ2n) is 5.33. The van der Waals surface area contributed by atoms with E-state index in [4.69, 9.17) is 11.6 Å². The molecule has 0 bridgehead atoms. The van der Waals surface area contributed by atoms with Crippen LogP contribution in [0.5, 0.6) is 0 Å². The lowest BCUT2D eigenvalue weighted by atomic mass is 10.1. The summed E-state index contributed by atoms with van der Waals surface area (Å²) in [5.74, 6) is 1.33. The molecule has 1 heterocycles. The van der Waals surface area contributed by atoms with Gasteiger partial charge in [-0.05, 0) is 18.6 Å². The predicted molar refractivity (Wildman–Crippen MR) is 79.5 cm³/mol. The fourth-order valence-corrected chi connectivity index (χ4v) is 2.78. The molecule has 1 aromatic heterocycles. The van der Waals surface area contributed by atoms with E-state index >= 15 is 0 Å². The molecule has 1 aromatic carbocycles. The molecule has 0 saturated heterocycles. The van der Waals surface area contributed by atoms with E-state index in [1.165, 1.54) is 11.9 Å². The van der Waals surface area contributed by atoms with Crippen molar-refractivity contribution in [3.8, 4) is 0 Å². The molecule has 0 radical (unpaired) electrons. The molecule has 0 amide bonds. The molecule has 0 fully saturated rings. The first-order chi connectivity index (χ1) is 9.54. The largest absolute Gasteiger partial charge is 1.00 e. The zero-order valence-corrected chi connectivity index (χ0v) is 15.0. The van der Waals surface area contributed by atoms with E-state index in [-0.39, 0.29) is 22.8 Å². The Bertz CT molecular complexity index is 576. The van der Waals surface area contributed by atoms with Crippen LogP contribution in [0.15, 0.2) is 30.6 Å². The second kappa shape index (κ2) is 7.95. The van der Waals surface area contributed by atoms with E-state index in [0.717, 1.165) is 13.0 Å². The third kappa shape index (κ3) is 4.07. The molecule has 0 saturated carbocycles. The predicted octanol–water partition coefficient (Wildman–Crippen LogP) is 1.15. The SMILES string of the molecule is CCCn1cc[n+](Cc2c(F)cccc2Cl)c1C(C)C.[Br-]. The van der Waals surface area contributed by atoms with Gasteiger partial charge < -0.3 is 17.0 Å². The molecule has 2 nitrogen and oxygen atoms in total. The zero-order valence-electron chi connectivity index (χ0n) is 12.6. The van der Waals surface area contributed by atoms with Gasteiger partial charge in [0.2, 0.25) is 0 Å². The number of aromatic nitrogens is 2. The molecule has 5 heteroatoms. The van der Waals surface area contributed by atoms with Gasteiger partial charge in [0.25, 0.3) is 5.82 Å². The van der Waals surface area contributed by atoms with Crippen LogP contribution in [0.1, 0.15) is 44.5 Å². The first-order valence-corrected chi connectivity index (χ1v) is 7.43. The van der Waals surface area contributed by atoms with Crippen molar-refractivity contribution in [3.63, 3.8) is 0 Å². The zero-order chi connectivity index (χ0) is 14.7. The number of rotatable bonds is 5. The van der Waals surface area contributed by atoms with E-state index in [9.17, 15) is 4.39 Å². The summed E-state index contributed by atoms with van der Waals surface area (Å²) in [5, 5.41) is 0.482. The van der Waals surface area contributed by atoms with Gasteiger partial charge in [-0.3, -0.25) is 0 Å². The summed E-state index contributed by atoms with van der Waals surface area (Å²) in [5.41, 5.74) is 0.551. The fraction of sp³-hybridized carbons (Fsp3) is 0.438. The Balaban J connectivity index is 0.00000220. The molecule has 0 aliphatic heterocycles. The van der Waals surface area contributed by atoms with Gasteiger partial charge >= 0.3 is 0 Å². The summed E-state index contributed by atoms with van der Waals surface area (Å²) in [6.45, 7) is 7.91. The molecule has 0 unspecified atom stereocenters. The minimum Gasteiger partial charge on any atom is -1.00 e. The lowest BCUT2D eigenvalue weighted by molar-refractivity contribution is -0.696. The summed E-state index contributed by atoms with van der Waals surface area (Å²) >= 11 is 6.12. The lowest BCUT2D eigenvalue weighted by Gasteiger charge is -2.09. The topological polar surface area (TPSA) is 8.81 Å². The Labute approximate surface area is 141 Å². The molecule has 0 aliphatic rings. The first kappa shape index (κ1) is 18.2. The van der Waals surface area contributed by atoms with Crippen LogP contribution in [0.3, 0.4) is 0 Å². The van der Waals surface area contributed by atoms with E-state index in [2.05, 4.69) is 36.1 Å². The standard InChI is InChI=1S/C16H21ClFN2.BrH/c1-4-8-19-9-10-20(16(19)12(2)3)11-13-14(17)6-5-7-15(13)18;/h5-7,9-10,12H,4,8,11H2,1-3H3;1H/q+1;/p-1. The molecule has 0 N–H and O–H groups in total. The molecular weight excluding hydrogens is 355 g/mol. The summed E-state index contributed by atoms with van der Waals surface area (Å²) in [7, 11) is 0. The van der Waals surface area contributed by atoms with Crippen LogP contribution in [0.4, 0.5) is 4.39 Å². The van der Waals surface area contributed by atoms with Crippen molar-refractivity contribution < 1.29 is 25.9 Å². The fourth-order valence-electron chi connectivity index (χ4n) is 2.56. The molecule has 2 rings (SSSR count). The van der Waals surface area contributed by atoms with Crippen LogP contribution >= 0.6 is 11.6 Å². The van der Waals surface area contributed by atoms with E-state index < -0.39 is 0 Å². The molecule has 21 heavy (non-hydrogen) atoms. The smallest absolute Gasteiger partial charge is 0.259 e. The Kier molecular flexibility index (Phi) is 6.88. The second-order valence-corrected chi connectivity index (χ2v) is 5.74. The van der Waals surface area contributed by atoms with Crippen molar-refractivity contribution in [1.82, 2.24) is 4.57 Å². The van der Waals surface area contributed by atoms with Crippen molar-refractivity contribution in [2.75, 3.05) is 0 Å². The molecule has 116 valence electrons. The quantitative estimate of drug-likeness (QED) is 0.694. The highest BCUT2D eigenvalue weighted by atomic mass is 79.9. The number of hydrogen-bond donors (Lipinski definition) is 0. The normalized spacial score (nSPS) is 10.8. The molecule has 2 aromatic rings. The van der Waals surface area contributed by atoms with Gasteiger partial charge in [0.05, 0.1) is 17.5 Å². The summed E-state index contributed by atoms with van der Waals surface area (Å²) in [6.07, 6.45) is 5.15. The van der Waals surface area contributed by atoms with Crippen molar-refractivity contribution in [2.24, 2.45) is 0 Å². The number of halogens is 3. The van der Waals surface area contributed by atoms with Crippen molar-refractivity contribution >= 4 is 11.6 Å². The van der Waals surface area contributed by atoms with Crippen LogP contribution in [-0.2, 0) is 13.1 Å². The minimum atomic E-state index is -0.247. The van der Waals surface area contributed by atoms with Crippen LogP contribution in [-0.4, -0.2) is 4.57 Å².